The summed E-state index contributed by atoms with van der Waals surface area (Å²) in [6, 6.07) is 10.1. The van der Waals surface area contributed by atoms with Gasteiger partial charge in [-0.1, -0.05) is 30.3 Å². The van der Waals surface area contributed by atoms with Gasteiger partial charge in [-0.25, -0.2) is 0 Å². The molecule has 1 rings (SSSR count). The molecule has 0 aromatic heterocycles. The molecule has 0 spiro atoms. The molecule has 1 aromatic carbocycles. The van der Waals surface area contributed by atoms with Crippen LogP contribution in [-0.4, -0.2) is 32.5 Å². The lowest BCUT2D eigenvalue weighted by Crippen LogP contribution is -2.28. The van der Waals surface area contributed by atoms with E-state index in [1.807, 2.05) is 32.0 Å². The van der Waals surface area contributed by atoms with E-state index in [0.717, 1.165) is 0 Å². The molecule has 0 heterocycles. The number of rotatable bonds is 8. The van der Waals surface area contributed by atoms with Crippen LogP contribution in [0.1, 0.15) is 19.4 Å². The normalized spacial score (nSPS) is 12.9. The van der Waals surface area contributed by atoms with Crippen LogP contribution in [0.3, 0.4) is 0 Å². The SMILES string of the molecule is COC[C@@H](COCc1ccccc1)OC(C)C. The second-order valence-corrected chi connectivity index (χ2v) is 4.26. The van der Waals surface area contributed by atoms with E-state index >= 15 is 0 Å². The van der Waals surface area contributed by atoms with E-state index in [1.165, 1.54) is 5.56 Å². The molecule has 17 heavy (non-hydrogen) atoms. The minimum absolute atomic E-state index is 0.00344. The van der Waals surface area contributed by atoms with Crippen LogP contribution < -0.4 is 0 Å². The van der Waals surface area contributed by atoms with Gasteiger partial charge in [0.15, 0.2) is 0 Å². The van der Waals surface area contributed by atoms with Gasteiger partial charge in [-0.3, -0.25) is 0 Å². The number of ether oxygens (including phenoxy) is 3. The van der Waals surface area contributed by atoms with Gasteiger partial charge in [0.05, 0.1) is 25.9 Å². The van der Waals surface area contributed by atoms with Gasteiger partial charge < -0.3 is 14.2 Å². The van der Waals surface area contributed by atoms with Crippen LogP contribution in [0.5, 0.6) is 0 Å². The summed E-state index contributed by atoms with van der Waals surface area (Å²) in [7, 11) is 1.67. The zero-order chi connectivity index (χ0) is 12.5. The Hall–Kier alpha value is -0.900. The Kier molecular flexibility index (Phi) is 6.86. The average molecular weight is 238 g/mol. The van der Waals surface area contributed by atoms with Crippen LogP contribution in [0.15, 0.2) is 30.3 Å². The predicted molar refractivity (Wildman–Crippen MR) is 68.0 cm³/mol. The maximum atomic E-state index is 5.68. The summed E-state index contributed by atoms with van der Waals surface area (Å²) in [5.41, 5.74) is 1.17. The van der Waals surface area contributed by atoms with Crippen molar-refractivity contribution in [3.8, 4) is 0 Å². The third-order valence-corrected chi connectivity index (χ3v) is 2.23. The maximum absolute atomic E-state index is 5.68. The first-order valence-electron chi connectivity index (χ1n) is 5.98. The highest BCUT2D eigenvalue weighted by atomic mass is 16.6. The molecular formula is C14H22O3. The summed E-state index contributed by atoms with van der Waals surface area (Å²) in [5.74, 6) is 0. The van der Waals surface area contributed by atoms with Gasteiger partial charge in [0.2, 0.25) is 0 Å². The van der Waals surface area contributed by atoms with Gasteiger partial charge in [-0.2, -0.15) is 0 Å². The largest absolute Gasteiger partial charge is 0.382 e. The number of hydrogen-bond donors (Lipinski definition) is 0. The highest BCUT2D eigenvalue weighted by molar-refractivity contribution is 5.13. The molecule has 0 aliphatic heterocycles. The summed E-state index contributed by atoms with van der Waals surface area (Å²) < 4.78 is 16.4. The van der Waals surface area contributed by atoms with E-state index < -0.39 is 0 Å². The third kappa shape index (κ3) is 6.41. The first-order valence-corrected chi connectivity index (χ1v) is 5.98. The van der Waals surface area contributed by atoms with Crippen LogP contribution in [0.4, 0.5) is 0 Å². The molecule has 0 bridgehead atoms. The van der Waals surface area contributed by atoms with Gasteiger partial charge in [0, 0.05) is 7.11 Å². The molecule has 0 fully saturated rings. The lowest BCUT2D eigenvalue weighted by Gasteiger charge is -2.19. The second kappa shape index (κ2) is 8.23. The van der Waals surface area contributed by atoms with E-state index in [-0.39, 0.29) is 12.2 Å². The Morgan fingerprint density at radius 2 is 1.76 bits per heavy atom. The summed E-state index contributed by atoms with van der Waals surface area (Å²) in [6.07, 6.45) is 0.194. The topological polar surface area (TPSA) is 27.7 Å². The number of benzene rings is 1. The van der Waals surface area contributed by atoms with Crippen LogP contribution in [0.25, 0.3) is 0 Å². The third-order valence-electron chi connectivity index (χ3n) is 2.23. The maximum Gasteiger partial charge on any atom is 0.104 e. The van der Waals surface area contributed by atoms with Gasteiger partial charge in [0.25, 0.3) is 0 Å². The van der Waals surface area contributed by atoms with Crippen LogP contribution in [0, 0.1) is 0 Å². The zero-order valence-electron chi connectivity index (χ0n) is 10.9. The van der Waals surface area contributed by atoms with Gasteiger partial charge in [0.1, 0.15) is 6.10 Å². The van der Waals surface area contributed by atoms with E-state index in [4.69, 9.17) is 14.2 Å². The molecule has 0 radical (unpaired) electrons. The van der Waals surface area contributed by atoms with Crippen molar-refractivity contribution in [3.63, 3.8) is 0 Å². The zero-order valence-corrected chi connectivity index (χ0v) is 10.9. The Morgan fingerprint density at radius 3 is 2.35 bits per heavy atom. The molecule has 1 atom stereocenters. The fraction of sp³-hybridized carbons (Fsp3) is 0.571. The van der Waals surface area contributed by atoms with Crippen molar-refractivity contribution < 1.29 is 14.2 Å². The molecule has 3 nitrogen and oxygen atoms in total. The van der Waals surface area contributed by atoms with Crippen LogP contribution in [-0.2, 0) is 20.8 Å². The van der Waals surface area contributed by atoms with E-state index in [2.05, 4.69) is 12.1 Å². The van der Waals surface area contributed by atoms with Crippen LogP contribution >= 0.6 is 0 Å². The highest BCUT2D eigenvalue weighted by Gasteiger charge is 2.11. The lowest BCUT2D eigenvalue weighted by molar-refractivity contribution is -0.0773. The van der Waals surface area contributed by atoms with Gasteiger partial charge in [-0.15, -0.1) is 0 Å². The fourth-order valence-corrected chi connectivity index (χ4v) is 1.58. The van der Waals surface area contributed by atoms with Gasteiger partial charge in [-0.05, 0) is 19.4 Å². The second-order valence-electron chi connectivity index (χ2n) is 4.26. The molecule has 0 amide bonds. The minimum atomic E-state index is 0.00344. The molecule has 96 valence electrons. The van der Waals surface area contributed by atoms with Crippen molar-refractivity contribution >= 4 is 0 Å². The monoisotopic (exact) mass is 238 g/mol. The van der Waals surface area contributed by atoms with Crippen molar-refractivity contribution in [2.75, 3.05) is 20.3 Å². The quantitative estimate of drug-likeness (QED) is 0.697. The molecule has 0 aliphatic carbocycles. The standard InChI is InChI=1S/C14H22O3/c1-12(2)17-14(10-15-3)11-16-9-13-7-5-4-6-8-13/h4-8,12,14H,9-11H2,1-3H3/t14-/m0/s1. The first kappa shape index (κ1) is 14.2. The minimum Gasteiger partial charge on any atom is -0.382 e. The molecular weight excluding hydrogens is 216 g/mol. The molecule has 3 heteroatoms. The van der Waals surface area contributed by atoms with Crippen molar-refractivity contribution in [2.24, 2.45) is 0 Å². The Balaban J connectivity index is 2.26. The van der Waals surface area contributed by atoms with Crippen molar-refractivity contribution in [2.45, 2.75) is 32.7 Å². The summed E-state index contributed by atoms with van der Waals surface area (Å²) in [4.78, 5) is 0. The lowest BCUT2D eigenvalue weighted by atomic mass is 10.2. The van der Waals surface area contributed by atoms with Gasteiger partial charge >= 0.3 is 0 Å². The Morgan fingerprint density at radius 1 is 1.06 bits per heavy atom. The van der Waals surface area contributed by atoms with Crippen molar-refractivity contribution in [1.29, 1.82) is 0 Å². The van der Waals surface area contributed by atoms with E-state index in [1.54, 1.807) is 7.11 Å². The molecule has 0 unspecified atom stereocenters. The Bertz CT molecular complexity index is 285. The average Bonchev–Trinajstić information content (AvgIpc) is 2.30. The van der Waals surface area contributed by atoms with Crippen molar-refractivity contribution in [1.82, 2.24) is 0 Å². The predicted octanol–water partition coefficient (Wildman–Crippen LogP) is 2.64. The smallest absolute Gasteiger partial charge is 0.104 e. The molecule has 0 saturated heterocycles. The molecule has 0 saturated carbocycles. The van der Waals surface area contributed by atoms with Crippen LogP contribution in [0.2, 0.25) is 0 Å². The first-order chi connectivity index (χ1) is 8.22. The van der Waals surface area contributed by atoms with E-state index in [0.29, 0.717) is 19.8 Å². The molecule has 0 aliphatic rings. The summed E-state index contributed by atoms with van der Waals surface area (Å²) in [6.45, 7) is 5.76. The van der Waals surface area contributed by atoms with Crippen molar-refractivity contribution in [3.05, 3.63) is 35.9 Å². The highest BCUT2D eigenvalue weighted by Crippen LogP contribution is 2.04. The number of hydrogen-bond acceptors (Lipinski definition) is 3. The molecule has 0 N–H and O–H groups in total. The number of methoxy groups -OCH3 is 1. The fourth-order valence-electron chi connectivity index (χ4n) is 1.58. The molecule has 1 aromatic rings. The van der Waals surface area contributed by atoms with E-state index in [9.17, 15) is 0 Å². The Labute approximate surface area is 104 Å². The summed E-state index contributed by atoms with van der Waals surface area (Å²) >= 11 is 0. The summed E-state index contributed by atoms with van der Waals surface area (Å²) in [5, 5.41) is 0.